The van der Waals surface area contributed by atoms with Crippen molar-refractivity contribution >= 4 is 17.5 Å². The van der Waals surface area contributed by atoms with Crippen LogP contribution in [0.2, 0.25) is 5.02 Å². The van der Waals surface area contributed by atoms with Gasteiger partial charge in [0.25, 0.3) is 0 Å². The number of carbonyl (C=O) groups is 1. The summed E-state index contributed by atoms with van der Waals surface area (Å²) < 4.78 is 5.86. The first-order valence-electron chi connectivity index (χ1n) is 11.0. The van der Waals surface area contributed by atoms with Gasteiger partial charge in [-0.1, -0.05) is 84.4 Å². The van der Waals surface area contributed by atoms with Crippen molar-refractivity contribution in [3.05, 3.63) is 107 Å². The Bertz CT molecular complexity index is 1150. The van der Waals surface area contributed by atoms with Crippen LogP contribution in [-0.4, -0.2) is 27.0 Å². The lowest BCUT2D eigenvalue weighted by molar-refractivity contribution is -0.134. The first kappa shape index (κ1) is 22.7. The van der Waals surface area contributed by atoms with Crippen molar-refractivity contribution in [3.8, 4) is 11.5 Å². The van der Waals surface area contributed by atoms with Gasteiger partial charge in [0, 0.05) is 18.4 Å². The lowest BCUT2D eigenvalue weighted by Crippen LogP contribution is -2.37. The highest BCUT2D eigenvalue weighted by molar-refractivity contribution is 6.33. The molecule has 0 N–H and O–H groups in total. The van der Waals surface area contributed by atoms with Crippen molar-refractivity contribution in [2.45, 2.75) is 38.8 Å². The van der Waals surface area contributed by atoms with Crippen LogP contribution < -0.4 is 0 Å². The fourth-order valence-electron chi connectivity index (χ4n) is 3.86. The Morgan fingerprint density at radius 1 is 0.879 bits per heavy atom. The van der Waals surface area contributed by atoms with Gasteiger partial charge in [0.2, 0.25) is 17.7 Å². The van der Waals surface area contributed by atoms with Crippen LogP contribution in [-0.2, 0) is 11.3 Å². The number of aromatic nitrogens is 2. The molecule has 0 radical (unpaired) electrons. The molecule has 6 heteroatoms. The summed E-state index contributed by atoms with van der Waals surface area (Å²) in [5.41, 5.74) is 2.90. The van der Waals surface area contributed by atoms with Gasteiger partial charge in [0.1, 0.15) is 0 Å². The number of nitrogens with zero attached hydrogens (tertiary/aromatic N) is 3. The van der Waals surface area contributed by atoms with E-state index in [-0.39, 0.29) is 24.4 Å². The van der Waals surface area contributed by atoms with Crippen molar-refractivity contribution in [1.29, 1.82) is 0 Å². The molecule has 4 rings (SSSR count). The van der Waals surface area contributed by atoms with E-state index in [2.05, 4.69) is 34.5 Å². The van der Waals surface area contributed by atoms with Gasteiger partial charge in [0.05, 0.1) is 17.1 Å². The van der Waals surface area contributed by atoms with Gasteiger partial charge >= 0.3 is 0 Å². The smallest absolute Gasteiger partial charge is 0.249 e. The molecule has 3 aromatic carbocycles. The van der Waals surface area contributed by atoms with Crippen molar-refractivity contribution < 1.29 is 9.21 Å². The molecule has 1 amide bonds. The Labute approximate surface area is 199 Å². The van der Waals surface area contributed by atoms with Gasteiger partial charge in [-0.15, -0.1) is 10.2 Å². The fraction of sp³-hybridized carbons (Fsp3) is 0.222. The van der Waals surface area contributed by atoms with Crippen LogP contribution in [0.1, 0.15) is 43.2 Å². The van der Waals surface area contributed by atoms with E-state index in [9.17, 15) is 4.79 Å². The zero-order chi connectivity index (χ0) is 23.2. The fourth-order valence-corrected chi connectivity index (χ4v) is 4.07. The molecule has 33 heavy (non-hydrogen) atoms. The Morgan fingerprint density at radius 2 is 1.45 bits per heavy atom. The third kappa shape index (κ3) is 5.49. The molecule has 1 heterocycles. The Hall–Kier alpha value is -3.44. The number of amides is 1. The average molecular weight is 460 g/mol. The van der Waals surface area contributed by atoms with Gasteiger partial charge in [-0.2, -0.15) is 0 Å². The zero-order valence-corrected chi connectivity index (χ0v) is 19.4. The minimum Gasteiger partial charge on any atom is -0.419 e. The average Bonchev–Trinajstić information content (AvgIpc) is 3.30. The van der Waals surface area contributed by atoms with Crippen LogP contribution in [0.25, 0.3) is 11.5 Å². The van der Waals surface area contributed by atoms with E-state index in [0.29, 0.717) is 28.8 Å². The van der Waals surface area contributed by atoms with Gasteiger partial charge in [-0.05, 0) is 37.1 Å². The molecule has 0 aliphatic rings. The third-order valence-corrected chi connectivity index (χ3v) is 5.93. The van der Waals surface area contributed by atoms with E-state index in [1.807, 2.05) is 68.4 Å². The summed E-state index contributed by atoms with van der Waals surface area (Å²) in [6, 6.07) is 27.5. The SMILES string of the molecule is CC(C)N(Cc1nnc(-c2ccccc2Cl)o1)C(=O)CC(c1ccccc1)c1ccccc1. The number of halogens is 1. The molecule has 0 atom stereocenters. The van der Waals surface area contributed by atoms with Gasteiger partial charge in [0.15, 0.2) is 0 Å². The third-order valence-electron chi connectivity index (χ3n) is 5.60. The highest BCUT2D eigenvalue weighted by Gasteiger charge is 2.25. The van der Waals surface area contributed by atoms with Crippen LogP contribution in [0.5, 0.6) is 0 Å². The summed E-state index contributed by atoms with van der Waals surface area (Å²) in [6.07, 6.45) is 0.345. The first-order chi connectivity index (χ1) is 16.0. The lowest BCUT2D eigenvalue weighted by Gasteiger charge is -2.28. The molecule has 5 nitrogen and oxygen atoms in total. The molecule has 0 fully saturated rings. The number of rotatable bonds is 8. The van der Waals surface area contributed by atoms with Gasteiger partial charge in [-0.25, -0.2) is 0 Å². The lowest BCUT2D eigenvalue weighted by atomic mass is 9.88. The summed E-state index contributed by atoms with van der Waals surface area (Å²) in [4.78, 5) is 15.3. The molecule has 0 saturated heterocycles. The van der Waals surface area contributed by atoms with Crippen molar-refractivity contribution in [2.24, 2.45) is 0 Å². The molecule has 0 spiro atoms. The summed E-state index contributed by atoms with van der Waals surface area (Å²) >= 11 is 6.26. The van der Waals surface area contributed by atoms with E-state index in [1.54, 1.807) is 11.0 Å². The maximum Gasteiger partial charge on any atom is 0.249 e. The van der Waals surface area contributed by atoms with Crippen molar-refractivity contribution in [2.75, 3.05) is 0 Å². The minimum atomic E-state index is -0.0393. The molecule has 0 unspecified atom stereocenters. The quantitative estimate of drug-likeness (QED) is 0.308. The normalized spacial score (nSPS) is 11.2. The predicted octanol–water partition coefficient (Wildman–Crippen LogP) is 6.35. The second kappa shape index (κ2) is 10.5. The van der Waals surface area contributed by atoms with Crippen molar-refractivity contribution in [3.63, 3.8) is 0 Å². The van der Waals surface area contributed by atoms with E-state index >= 15 is 0 Å². The van der Waals surface area contributed by atoms with Crippen LogP contribution in [0.15, 0.2) is 89.3 Å². The summed E-state index contributed by atoms with van der Waals surface area (Å²) in [6.45, 7) is 4.22. The Balaban J connectivity index is 1.55. The Morgan fingerprint density at radius 3 is 2.03 bits per heavy atom. The second-order valence-corrected chi connectivity index (χ2v) is 8.58. The molecule has 0 aliphatic heterocycles. The van der Waals surface area contributed by atoms with E-state index < -0.39 is 0 Å². The Kier molecular flexibility index (Phi) is 7.20. The number of benzene rings is 3. The summed E-state index contributed by atoms with van der Waals surface area (Å²) in [7, 11) is 0. The van der Waals surface area contributed by atoms with Gasteiger partial charge < -0.3 is 9.32 Å². The predicted molar refractivity (Wildman–Crippen MR) is 130 cm³/mol. The molecule has 0 aliphatic carbocycles. The van der Waals surface area contributed by atoms with Crippen molar-refractivity contribution in [1.82, 2.24) is 15.1 Å². The molecule has 0 bridgehead atoms. The largest absolute Gasteiger partial charge is 0.419 e. The van der Waals surface area contributed by atoms with Gasteiger partial charge in [-0.3, -0.25) is 4.79 Å². The molecule has 4 aromatic rings. The summed E-state index contributed by atoms with van der Waals surface area (Å²) in [5, 5.41) is 8.84. The summed E-state index contributed by atoms with van der Waals surface area (Å²) in [5.74, 6) is 0.712. The number of carbonyl (C=O) groups excluding carboxylic acids is 1. The van der Waals surface area contributed by atoms with E-state index in [1.165, 1.54) is 0 Å². The standard InChI is InChI=1S/C27H26ClN3O2/c1-19(2)31(18-25-29-30-27(33-25)22-15-9-10-16-24(22)28)26(32)17-23(20-11-5-3-6-12-20)21-13-7-4-8-14-21/h3-16,19,23H,17-18H2,1-2H3. The maximum absolute atomic E-state index is 13.5. The first-order valence-corrected chi connectivity index (χ1v) is 11.4. The highest BCUT2D eigenvalue weighted by atomic mass is 35.5. The second-order valence-electron chi connectivity index (χ2n) is 8.17. The molecular weight excluding hydrogens is 434 g/mol. The van der Waals surface area contributed by atoms with Crippen LogP contribution >= 0.6 is 11.6 Å². The number of hydrogen-bond donors (Lipinski definition) is 0. The monoisotopic (exact) mass is 459 g/mol. The molecule has 168 valence electrons. The van der Waals surface area contributed by atoms with Crippen LogP contribution in [0.4, 0.5) is 0 Å². The molecule has 0 saturated carbocycles. The zero-order valence-electron chi connectivity index (χ0n) is 18.7. The maximum atomic E-state index is 13.5. The highest BCUT2D eigenvalue weighted by Crippen LogP contribution is 2.30. The van der Waals surface area contributed by atoms with Crippen LogP contribution in [0, 0.1) is 0 Å². The topological polar surface area (TPSA) is 59.2 Å². The molecular formula is C27H26ClN3O2. The van der Waals surface area contributed by atoms with E-state index in [0.717, 1.165) is 11.1 Å². The van der Waals surface area contributed by atoms with Crippen LogP contribution in [0.3, 0.4) is 0 Å². The van der Waals surface area contributed by atoms with E-state index in [4.69, 9.17) is 16.0 Å². The number of hydrogen-bond acceptors (Lipinski definition) is 4. The molecule has 1 aromatic heterocycles. The minimum absolute atomic E-state index is 0.0274.